The number of hydrogen-bond donors (Lipinski definition) is 4. The number of carbonyl (C=O) groups is 3. The van der Waals surface area contributed by atoms with Crippen LogP contribution in [0.3, 0.4) is 0 Å². The third-order valence-electron chi connectivity index (χ3n) is 2.55. The summed E-state index contributed by atoms with van der Waals surface area (Å²) in [5, 5.41) is 19.3. The third kappa shape index (κ3) is 5.30. The summed E-state index contributed by atoms with van der Waals surface area (Å²) in [7, 11) is 0. The molecular formula is C10H18N2O5. The smallest absolute Gasteiger partial charge is 0.326 e. The van der Waals surface area contributed by atoms with Crippen molar-refractivity contribution in [2.45, 2.75) is 38.8 Å². The summed E-state index contributed by atoms with van der Waals surface area (Å²) in [6.07, 6.45) is -0.000442. The summed E-state index contributed by atoms with van der Waals surface area (Å²) in [5.74, 6) is -3.44. The van der Waals surface area contributed by atoms with Crippen LogP contribution >= 0.6 is 0 Å². The fraction of sp³-hybridized carbons (Fsp3) is 0.700. The minimum atomic E-state index is -1.45. The van der Waals surface area contributed by atoms with E-state index in [4.69, 9.17) is 15.9 Å². The van der Waals surface area contributed by atoms with Gasteiger partial charge in [-0.05, 0) is 5.92 Å². The highest BCUT2D eigenvalue weighted by molar-refractivity contribution is 5.89. The average molecular weight is 246 g/mol. The lowest BCUT2D eigenvalue weighted by Crippen LogP contribution is -2.51. The highest BCUT2D eigenvalue weighted by Crippen LogP contribution is 2.06. The second kappa shape index (κ2) is 6.85. The fourth-order valence-electron chi connectivity index (χ4n) is 1.15. The van der Waals surface area contributed by atoms with E-state index in [0.29, 0.717) is 6.42 Å². The van der Waals surface area contributed by atoms with Crippen molar-refractivity contribution in [3.8, 4) is 0 Å². The number of nitrogens with two attached hydrogens (primary N) is 1. The van der Waals surface area contributed by atoms with Crippen LogP contribution in [0.1, 0.15) is 26.7 Å². The van der Waals surface area contributed by atoms with Crippen molar-refractivity contribution >= 4 is 17.8 Å². The molecule has 5 N–H and O–H groups in total. The van der Waals surface area contributed by atoms with Gasteiger partial charge < -0.3 is 21.3 Å². The summed E-state index contributed by atoms with van der Waals surface area (Å²) >= 11 is 0. The van der Waals surface area contributed by atoms with Crippen LogP contribution in [0.5, 0.6) is 0 Å². The van der Waals surface area contributed by atoms with Crippen LogP contribution in [0, 0.1) is 5.92 Å². The topological polar surface area (TPSA) is 130 Å². The molecule has 0 aromatic carbocycles. The van der Waals surface area contributed by atoms with Crippen LogP contribution < -0.4 is 11.1 Å². The van der Waals surface area contributed by atoms with Crippen LogP contribution in [-0.4, -0.2) is 40.1 Å². The Morgan fingerprint density at radius 1 is 1.29 bits per heavy atom. The van der Waals surface area contributed by atoms with Gasteiger partial charge in [-0.1, -0.05) is 20.3 Å². The number of nitrogens with one attached hydrogen (secondary N) is 1. The number of amides is 1. The first-order chi connectivity index (χ1) is 7.79. The van der Waals surface area contributed by atoms with Gasteiger partial charge in [-0.3, -0.25) is 9.59 Å². The van der Waals surface area contributed by atoms with Crippen molar-refractivity contribution in [1.82, 2.24) is 5.32 Å². The lowest BCUT2D eigenvalue weighted by Gasteiger charge is -2.20. The van der Waals surface area contributed by atoms with Gasteiger partial charge in [0, 0.05) is 0 Å². The molecule has 0 heterocycles. The third-order valence-corrected chi connectivity index (χ3v) is 2.55. The van der Waals surface area contributed by atoms with Gasteiger partial charge in [0.25, 0.3) is 0 Å². The Morgan fingerprint density at radius 3 is 2.18 bits per heavy atom. The van der Waals surface area contributed by atoms with Crippen LogP contribution in [0.15, 0.2) is 0 Å². The van der Waals surface area contributed by atoms with E-state index in [2.05, 4.69) is 5.32 Å². The summed E-state index contributed by atoms with van der Waals surface area (Å²) in [5.41, 5.74) is 5.60. The van der Waals surface area contributed by atoms with E-state index in [0.717, 1.165) is 0 Å². The van der Waals surface area contributed by atoms with Gasteiger partial charge in [0.05, 0.1) is 12.5 Å². The first-order valence-electron chi connectivity index (χ1n) is 5.30. The molecule has 0 fully saturated rings. The van der Waals surface area contributed by atoms with Crippen molar-refractivity contribution in [3.63, 3.8) is 0 Å². The average Bonchev–Trinajstić information content (AvgIpc) is 2.25. The van der Waals surface area contributed by atoms with Crippen LogP contribution in [0.25, 0.3) is 0 Å². The zero-order chi connectivity index (χ0) is 13.6. The molecule has 17 heavy (non-hydrogen) atoms. The van der Waals surface area contributed by atoms with E-state index in [-0.39, 0.29) is 5.92 Å². The quantitative estimate of drug-likeness (QED) is 0.474. The predicted molar refractivity (Wildman–Crippen MR) is 59.2 cm³/mol. The van der Waals surface area contributed by atoms with Gasteiger partial charge in [-0.2, -0.15) is 0 Å². The van der Waals surface area contributed by atoms with Gasteiger partial charge >= 0.3 is 11.9 Å². The van der Waals surface area contributed by atoms with E-state index in [1.54, 1.807) is 6.92 Å². The Labute approximate surface area is 99.0 Å². The Balaban J connectivity index is 4.50. The fourth-order valence-corrected chi connectivity index (χ4v) is 1.15. The Kier molecular flexibility index (Phi) is 6.19. The summed E-state index contributed by atoms with van der Waals surface area (Å²) < 4.78 is 0. The van der Waals surface area contributed by atoms with Crippen LogP contribution in [0.4, 0.5) is 0 Å². The molecule has 0 aromatic heterocycles. The second-order valence-electron chi connectivity index (χ2n) is 3.91. The largest absolute Gasteiger partial charge is 0.481 e. The van der Waals surface area contributed by atoms with Gasteiger partial charge in [0.2, 0.25) is 5.91 Å². The molecular weight excluding hydrogens is 228 g/mol. The molecule has 1 amide bonds. The molecule has 0 aliphatic carbocycles. The van der Waals surface area contributed by atoms with Gasteiger partial charge in [0.1, 0.15) is 6.04 Å². The maximum Gasteiger partial charge on any atom is 0.326 e. The SMILES string of the molecule is CC[C@@H](C)[C@@H](N)C(=O)N[C@@H](CC(=O)O)C(=O)O. The number of aliphatic carboxylic acids is 2. The molecule has 0 saturated carbocycles. The molecule has 7 nitrogen and oxygen atoms in total. The molecule has 0 aliphatic heterocycles. The lowest BCUT2D eigenvalue weighted by molar-refractivity contribution is -0.147. The van der Waals surface area contributed by atoms with Crippen molar-refractivity contribution in [2.75, 3.05) is 0 Å². The normalized spacial score (nSPS) is 15.7. The zero-order valence-electron chi connectivity index (χ0n) is 9.84. The number of carbonyl (C=O) groups excluding carboxylic acids is 1. The first kappa shape index (κ1) is 15.4. The lowest BCUT2D eigenvalue weighted by atomic mass is 9.99. The Bertz CT molecular complexity index is 305. The first-order valence-corrected chi connectivity index (χ1v) is 5.30. The molecule has 0 saturated heterocycles. The van der Waals surface area contributed by atoms with E-state index in [1.165, 1.54) is 0 Å². The van der Waals surface area contributed by atoms with E-state index < -0.39 is 36.4 Å². The molecule has 7 heteroatoms. The van der Waals surface area contributed by atoms with Gasteiger partial charge in [-0.25, -0.2) is 4.79 Å². The number of hydrogen-bond acceptors (Lipinski definition) is 4. The van der Waals surface area contributed by atoms with Crippen molar-refractivity contribution in [2.24, 2.45) is 11.7 Å². The highest BCUT2D eigenvalue weighted by Gasteiger charge is 2.27. The Morgan fingerprint density at radius 2 is 1.82 bits per heavy atom. The van der Waals surface area contributed by atoms with Crippen molar-refractivity contribution in [1.29, 1.82) is 0 Å². The minimum Gasteiger partial charge on any atom is -0.481 e. The van der Waals surface area contributed by atoms with E-state index >= 15 is 0 Å². The van der Waals surface area contributed by atoms with Crippen LogP contribution in [0.2, 0.25) is 0 Å². The Hall–Kier alpha value is -1.63. The highest BCUT2D eigenvalue weighted by atomic mass is 16.4. The summed E-state index contributed by atoms with van der Waals surface area (Å²) in [4.78, 5) is 32.7. The monoisotopic (exact) mass is 246 g/mol. The van der Waals surface area contributed by atoms with Crippen molar-refractivity contribution in [3.05, 3.63) is 0 Å². The van der Waals surface area contributed by atoms with Crippen molar-refractivity contribution < 1.29 is 24.6 Å². The maximum atomic E-state index is 11.5. The molecule has 0 radical (unpaired) electrons. The van der Waals surface area contributed by atoms with Crippen LogP contribution in [-0.2, 0) is 14.4 Å². The standard InChI is InChI=1S/C10H18N2O5/c1-3-5(2)8(11)9(15)12-6(10(16)17)4-7(13)14/h5-6,8H,3-4,11H2,1-2H3,(H,12,15)(H,13,14)(H,16,17)/t5-,6+,8-/m1/s1. The number of carboxylic acid groups (broad SMARTS) is 2. The minimum absolute atomic E-state index is 0.103. The molecule has 3 atom stereocenters. The van der Waals surface area contributed by atoms with Gasteiger partial charge in [0.15, 0.2) is 0 Å². The molecule has 98 valence electrons. The van der Waals surface area contributed by atoms with E-state index in [1.807, 2.05) is 6.92 Å². The predicted octanol–water partition coefficient (Wildman–Crippen LogP) is -0.596. The van der Waals surface area contributed by atoms with E-state index in [9.17, 15) is 14.4 Å². The molecule has 0 rings (SSSR count). The molecule has 0 unspecified atom stereocenters. The second-order valence-corrected chi connectivity index (χ2v) is 3.91. The van der Waals surface area contributed by atoms with Gasteiger partial charge in [-0.15, -0.1) is 0 Å². The molecule has 0 bridgehead atoms. The molecule has 0 aliphatic rings. The summed E-state index contributed by atoms with van der Waals surface area (Å²) in [6.45, 7) is 3.61. The molecule has 0 aromatic rings. The zero-order valence-corrected chi connectivity index (χ0v) is 9.84. The number of carboxylic acids is 2. The maximum absolute atomic E-state index is 11.5. The summed E-state index contributed by atoms with van der Waals surface area (Å²) in [6, 6.07) is -2.29. The molecule has 0 spiro atoms. The number of rotatable bonds is 7.